The first-order valence-electron chi connectivity index (χ1n) is 6.67. The molecule has 0 aliphatic carbocycles. The molecule has 0 saturated carbocycles. The fraction of sp³-hybridized carbons (Fsp3) is 0.118. The Labute approximate surface area is 118 Å². The summed E-state index contributed by atoms with van der Waals surface area (Å²) in [6.07, 6.45) is 0. The second-order valence-corrected chi connectivity index (χ2v) is 4.68. The molecule has 1 aromatic heterocycles. The van der Waals surface area contributed by atoms with E-state index in [1.54, 1.807) is 0 Å². The molecule has 0 atom stereocenters. The quantitative estimate of drug-likeness (QED) is 0.779. The number of nitrogens with one attached hydrogen (secondary N) is 1. The molecule has 0 amide bonds. The number of benzene rings is 2. The van der Waals surface area contributed by atoms with Crippen LogP contribution in [0.5, 0.6) is 0 Å². The Morgan fingerprint density at radius 2 is 1.40 bits per heavy atom. The molecule has 2 aromatic carbocycles. The van der Waals surface area contributed by atoms with Gasteiger partial charge in [0.1, 0.15) is 5.69 Å². The lowest BCUT2D eigenvalue weighted by Crippen LogP contribution is -1.95. The van der Waals surface area contributed by atoms with Gasteiger partial charge in [-0.3, -0.25) is 4.68 Å². The van der Waals surface area contributed by atoms with E-state index in [1.165, 1.54) is 0 Å². The summed E-state index contributed by atoms with van der Waals surface area (Å²) in [5.41, 5.74) is 5.43. The van der Waals surface area contributed by atoms with Crippen molar-refractivity contribution in [1.29, 1.82) is 0 Å². The summed E-state index contributed by atoms with van der Waals surface area (Å²) >= 11 is 0. The van der Waals surface area contributed by atoms with Gasteiger partial charge in [-0.1, -0.05) is 60.7 Å². The molecular formula is C17H17N3. The largest absolute Gasteiger partial charge is 0.385 e. The number of hydrogen-bond acceptors (Lipinski definition) is 2. The summed E-state index contributed by atoms with van der Waals surface area (Å²) in [6, 6.07) is 20.6. The molecule has 100 valence electrons. The van der Waals surface area contributed by atoms with Gasteiger partial charge in [-0.15, -0.1) is 0 Å². The fourth-order valence-corrected chi connectivity index (χ4v) is 2.49. The summed E-state index contributed by atoms with van der Waals surface area (Å²) < 4.78 is 1.93. The van der Waals surface area contributed by atoms with Gasteiger partial charge in [-0.2, -0.15) is 5.10 Å². The minimum atomic E-state index is 0.981. The van der Waals surface area contributed by atoms with Crippen LogP contribution in [0.4, 0.5) is 5.69 Å². The average Bonchev–Trinajstić information content (AvgIpc) is 2.85. The topological polar surface area (TPSA) is 29.9 Å². The average molecular weight is 263 g/mol. The molecule has 3 rings (SSSR count). The number of rotatable bonds is 3. The molecule has 3 aromatic rings. The van der Waals surface area contributed by atoms with Gasteiger partial charge in [0.2, 0.25) is 0 Å². The lowest BCUT2D eigenvalue weighted by molar-refractivity contribution is 0.779. The number of aryl methyl sites for hydroxylation is 1. The monoisotopic (exact) mass is 263 g/mol. The van der Waals surface area contributed by atoms with Gasteiger partial charge < -0.3 is 5.32 Å². The second kappa shape index (κ2) is 5.21. The number of anilines is 1. The van der Waals surface area contributed by atoms with Crippen LogP contribution in [0.2, 0.25) is 0 Å². The summed E-state index contributed by atoms with van der Waals surface area (Å²) in [7, 11) is 3.92. The molecular weight excluding hydrogens is 246 g/mol. The van der Waals surface area contributed by atoms with E-state index in [9.17, 15) is 0 Å². The molecule has 0 spiro atoms. The van der Waals surface area contributed by atoms with Crippen molar-refractivity contribution >= 4 is 5.69 Å². The van der Waals surface area contributed by atoms with Crippen LogP contribution in [0, 0.1) is 0 Å². The summed E-state index contributed by atoms with van der Waals surface area (Å²) in [5, 5.41) is 7.98. The van der Waals surface area contributed by atoms with Crippen LogP contribution in [0.15, 0.2) is 60.7 Å². The van der Waals surface area contributed by atoms with Gasteiger partial charge in [0.25, 0.3) is 0 Å². The summed E-state index contributed by atoms with van der Waals surface area (Å²) in [4.78, 5) is 0. The van der Waals surface area contributed by atoms with Crippen LogP contribution < -0.4 is 5.32 Å². The van der Waals surface area contributed by atoms with E-state index in [-0.39, 0.29) is 0 Å². The predicted octanol–water partition coefficient (Wildman–Crippen LogP) is 3.80. The molecule has 1 N–H and O–H groups in total. The maximum atomic E-state index is 4.68. The fourth-order valence-electron chi connectivity index (χ4n) is 2.49. The van der Waals surface area contributed by atoms with Crippen molar-refractivity contribution in [2.45, 2.75) is 0 Å². The zero-order chi connectivity index (χ0) is 13.9. The van der Waals surface area contributed by atoms with Crippen LogP contribution in [0.1, 0.15) is 0 Å². The lowest BCUT2D eigenvalue weighted by Gasteiger charge is -2.06. The standard InChI is InChI=1S/C17H17N3/c1-18-16-15(13-9-5-3-6-10-13)19-20(2)17(16)14-11-7-4-8-12-14/h3-12,18H,1-2H3. The minimum absolute atomic E-state index is 0.981. The third-order valence-electron chi connectivity index (χ3n) is 3.39. The first-order valence-corrected chi connectivity index (χ1v) is 6.67. The Bertz CT molecular complexity index is 700. The second-order valence-electron chi connectivity index (χ2n) is 4.68. The molecule has 0 radical (unpaired) electrons. The highest BCUT2D eigenvalue weighted by atomic mass is 15.3. The van der Waals surface area contributed by atoms with E-state index in [1.807, 2.05) is 55.2 Å². The maximum Gasteiger partial charge on any atom is 0.116 e. The smallest absolute Gasteiger partial charge is 0.116 e. The van der Waals surface area contributed by atoms with Gasteiger partial charge in [0.15, 0.2) is 0 Å². The van der Waals surface area contributed by atoms with Gasteiger partial charge in [-0.25, -0.2) is 0 Å². The predicted molar refractivity (Wildman–Crippen MR) is 83.6 cm³/mol. The molecule has 0 bridgehead atoms. The van der Waals surface area contributed by atoms with Gasteiger partial charge in [0.05, 0.1) is 11.4 Å². The molecule has 20 heavy (non-hydrogen) atoms. The van der Waals surface area contributed by atoms with E-state index < -0.39 is 0 Å². The van der Waals surface area contributed by atoms with Crippen LogP contribution >= 0.6 is 0 Å². The van der Waals surface area contributed by atoms with Crippen LogP contribution in [0.25, 0.3) is 22.5 Å². The number of aromatic nitrogens is 2. The van der Waals surface area contributed by atoms with Gasteiger partial charge in [-0.05, 0) is 0 Å². The summed E-state index contributed by atoms with van der Waals surface area (Å²) in [6.45, 7) is 0. The van der Waals surface area contributed by atoms with Crippen LogP contribution in [-0.4, -0.2) is 16.8 Å². The number of nitrogens with zero attached hydrogens (tertiary/aromatic N) is 2. The van der Waals surface area contributed by atoms with Crippen molar-refractivity contribution in [2.75, 3.05) is 12.4 Å². The van der Waals surface area contributed by atoms with Gasteiger partial charge >= 0.3 is 0 Å². The third-order valence-corrected chi connectivity index (χ3v) is 3.39. The molecule has 3 nitrogen and oxygen atoms in total. The molecule has 0 fully saturated rings. The normalized spacial score (nSPS) is 10.5. The first-order chi connectivity index (χ1) is 9.81. The van der Waals surface area contributed by atoms with Crippen LogP contribution in [-0.2, 0) is 7.05 Å². The van der Waals surface area contributed by atoms with Gasteiger partial charge in [0, 0.05) is 25.2 Å². The minimum Gasteiger partial charge on any atom is -0.385 e. The van der Waals surface area contributed by atoms with Crippen molar-refractivity contribution in [3.05, 3.63) is 60.7 Å². The maximum absolute atomic E-state index is 4.68. The Balaban J connectivity index is 2.21. The zero-order valence-corrected chi connectivity index (χ0v) is 11.7. The Morgan fingerprint density at radius 3 is 1.95 bits per heavy atom. The highest BCUT2D eigenvalue weighted by Crippen LogP contribution is 2.35. The van der Waals surface area contributed by atoms with E-state index in [0.29, 0.717) is 0 Å². The molecule has 0 aliphatic heterocycles. The molecule has 0 saturated heterocycles. The van der Waals surface area contributed by atoms with Crippen molar-refractivity contribution in [3.8, 4) is 22.5 Å². The SMILES string of the molecule is CNc1c(-c2ccccc2)nn(C)c1-c1ccccc1. The van der Waals surface area contributed by atoms with Crippen molar-refractivity contribution in [3.63, 3.8) is 0 Å². The van der Waals surface area contributed by atoms with Crippen molar-refractivity contribution in [2.24, 2.45) is 7.05 Å². The van der Waals surface area contributed by atoms with Crippen LogP contribution in [0.3, 0.4) is 0 Å². The number of hydrogen-bond donors (Lipinski definition) is 1. The Hall–Kier alpha value is -2.55. The first kappa shape index (κ1) is 12.5. The highest BCUT2D eigenvalue weighted by molar-refractivity contribution is 5.86. The summed E-state index contributed by atoms with van der Waals surface area (Å²) in [5.74, 6) is 0. The third kappa shape index (κ3) is 2.07. The van der Waals surface area contributed by atoms with Crippen molar-refractivity contribution in [1.82, 2.24) is 9.78 Å². The highest BCUT2D eigenvalue weighted by Gasteiger charge is 2.17. The molecule has 3 heteroatoms. The molecule has 1 heterocycles. The van der Waals surface area contributed by atoms with E-state index in [4.69, 9.17) is 0 Å². The van der Waals surface area contributed by atoms with E-state index in [0.717, 1.165) is 28.2 Å². The zero-order valence-electron chi connectivity index (χ0n) is 11.7. The van der Waals surface area contributed by atoms with E-state index in [2.05, 4.69) is 34.7 Å². The van der Waals surface area contributed by atoms with Crippen molar-refractivity contribution < 1.29 is 0 Å². The molecule has 0 unspecified atom stereocenters. The lowest BCUT2D eigenvalue weighted by atomic mass is 10.1. The molecule has 0 aliphatic rings. The van der Waals surface area contributed by atoms with E-state index >= 15 is 0 Å². The Kier molecular flexibility index (Phi) is 3.25. The Morgan fingerprint density at radius 1 is 0.850 bits per heavy atom.